The fourth-order valence-electron chi connectivity index (χ4n) is 2.58. The van der Waals surface area contributed by atoms with Gasteiger partial charge in [0.2, 0.25) is 21.7 Å². The molecule has 1 heterocycles. The molecule has 0 fully saturated rings. The van der Waals surface area contributed by atoms with E-state index >= 15 is 0 Å². The molecule has 2 aromatic carbocycles. The van der Waals surface area contributed by atoms with Crippen LogP contribution < -0.4 is 0 Å². The summed E-state index contributed by atoms with van der Waals surface area (Å²) < 4.78 is 32.5. The summed E-state index contributed by atoms with van der Waals surface area (Å²) in [6.45, 7) is 5.48. The number of hydrogen-bond acceptors (Lipinski definition) is 5. The van der Waals surface area contributed by atoms with Gasteiger partial charge < -0.3 is 4.52 Å². The average molecular weight is 438 g/mol. The van der Waals surface area contributed by atoms with Crippen molar-refractivity contribution in [2.45, 2.75) is 18.4 Å². The highest BCUT2D eigenvalue weighted by Crippen LogP contribution is 2.28. The molecular formula is C19H17Cl2N3O3S. The third-order valence-electron chi connectivity index (χ3n) is 3.90. The molecule has 1 aromatic heterocycles. The van der Waals surface area contributed by atoms with Crippen molar-refractivity contribution in [1.29, 1.82) is 0 Å². The van der Waals surface area contributed by atoms with Gasteiger partial charge in [-0.3, -0.25) is 0 Å². The smallest absolute Gasteiger partial charge is 0.245 e. The van der Waals surface area contributed by atoms with Crippen LogP contribution in [0, 0.1) is 6.92 Å². The summed E-state index contributed by atoms with van der Waals surface area (Å²) in [6, 6.07) is 11.9. The standard InChI is InChI=1S/C19H17Cl2N3O3S/c1-3-9-24(28(25,26)17-11-15(20)7-8-16(17)21)12-18-22-19(23-27-18)14-6-4-5-13(2)10-14/h3-8,10-11H,1,9,12H2,2H3. The maximum absolute atomic E-state index is 13.1. The van der Waals surface area contributed by atoms with E-state index in [9.17, 15) is 8.42 Å². The molecule has 0 N–H and O–H groups in total. The van der Waals surface area contributed by atoms with Gasteiger partial charge in [-0.2, -0.15) is 9.29 Å². The van der Waals surface area contributed by atoms with Crippen molar-refractivity contribution in [1.82, 2.24) is 14.4 Å². The minimum atomic E-state index is -3.96. The first-order valence-electron chi connectivity index (χ1n) is 8.27. The molecule has 3 rings (SSSR count). The second-order valence-electron chi connectivity index (χ2n) is 6.04. The summed E-state index contributed by atoms with van der Waals surface area (Å²) in [5, 5.41) is 4.29. The summed E-state index contributed by atoms with van der Waals surface area (Å²) in [7, 11) is -3.96. The van der Waals surface area contributed by atoms with Crippen LogP contribution in [0.1, 0.15) is 11.5 Å². The van der Waals surface area contributed by atoms with Crippen LogP contribution in [-0.4, -0.2) is 29.4 Å². The first-order valence-corrected chi connectivity index (χ1v) is 10.5. The molecule has 9 heteroatoms. The first kappa shape index (κ1) is 20.5. The van der Waals surface area contributed by atoms with Crippen LogP contribution in [0.3, 0.4) is 0 Å². The summed E-state index contributed by atoms with van der Waals surface area (Å²) >= 11 is 12.0. The van der Waals surface area contributed by atoms with Crippen molar-refractivity contribution in [2.75, 3.05) is 6.54 Å². The molecule has 0 spiro atoms. The Hall–Kier alpha value is -2.19. The normalized spacial score (nSPS) is 11.7. The van der Waals surface area contributed by atoms with Gasteiger partial charge in [-0.25, -0.2) is 8.42 Å². The molecule has 146 valence electrons. The molecule has 6 nitrogen and oxygen atoms in total. The van der Waals surface area contributed by atoms with E-state index in [-0.39, 0.29) is 33.9 Å². The van der Waals surface area contributed by atoms with Crippen LogP contribution in [-0.2, 0) is 16.6 Å². The average Bonchev–Trinajstić information content (AvgIpc) is 3.12. The molecule has 0 saturated carbocycles. The third-order valence-corrected chi connectivity index (χ3v) is 6.43. The minimum absolute atomic E-state index is 0.0351. The van der Waals surface area contributed by atoms with Crippen molar-refractivity contribution >= 4 is 33.2 Å². The molecular weight excluding hydrogens is 421 g/mol. The number of halogens is 2. The predicted molar refractivity (Wildman–Crippen MR) is 109 cm³/mol. The number of aromatic nitrogens is 2. The van der Waals surface area contributed by atoms with Crippen LogP contribution in [0.4, 0.5) is 0 Å². The van der Waals surface area contributed by atoms with E-state index in [4.69, 9.17) is 27.7 Å². The van der Waals surface area contributed by atoms with E-state index in [1.54, 1.807) is 0 Å². The lowest BCUT2D eigenvalue weighted by Crippen LogP contribution is -2.31. The summed E-state index contributed by atoms with van der Waals surface area (Å²) in [6.07, 6.45) is 1.47. The first-order chi connectivity index (χ1) is 13.3. The molecule has 0 aliphatic rings. The third kappa shape index (κ3) is 4.44. The van der Waals surface area contributed by atoms with Crippen LogP contribution in [0.2, 0.25) is 10.0 Å². The zero-order valence-electron chi connectivity index (χ0n) is 15.0. The molecule has 0 radical (unpaired) electrons. The molecule has 0 unspecified atom stereocenters. The minimum Gasteiger partial charge on any atom is -0.338 e. The zero-order chi connectivity index (χ0) is 20.3. The van der Waals surface area contributed by atoms with Gasteiger partial charge in [0.25, 0.3) is 0 Å². The lowest BCUT2D eigenvalue weighted by molar-refractivity contribution is 0.327. The molecule has 0 amide bonds. The van der Waals surface area contributed by atoms with Crippen molar-refractivity contribution in [3.63, 3.8) is 0 Å². The van der Waals surface area contributed by atoms with Crippen LogP contribution in [0.25, 0.3) is 11.4 Å². The highest BCUT2D eigenvalue weighted by Gasteiger charge is 2.28. The van der Waals surface area contributed by atoms with Gasteiger partial charge in [0.15, 0.2) is 0 Å². The summed E-state index contributed by atoms with van der Waals surface area (Å²) in [4.78, 5) is 4.22. The largest absolute Gasteiger partial charge is 0.338 e. The SMILES string of the molecule is C=CCN(Cc1nc(-c2cccc(C)c2)no1)S(=O)(=O)c1cc(Cl)ccc1Cl. The quantitative estimate of drug-likeness (QED) is 0.499. The molecule has 28 heavy (non-hydrogen) atoms. The van der Waals surface area contributed by atoms with Gasteiger partial charge in [0.1, 0.15) is 4.90 Å². The number of rotatable bonds is 7. The van der Waals surface area contributed by atoms with Gasteiger partial charge in [0.05, 0.1) is 11.6 Å². The highest BCUT2D eigenvalue weighted by atomic mass is 35.5. The Morgan fingerprint density at radius 1 is 1.21 bits per heavy atom. The summed E-state index contributed by atoms with van der Waals surface area (Å²) in [5.74, 6) is 0.538. The lowest BCUT2D eigenvalue weighted by Gasteiger charge is -2.19. The Morgan fingerprint density at radius 2 is 2.00 bits per heavy atom. The number of nitrogens with zero attached hydrogens (tertiary/aromatic N) is 3. The van der Waals surface area contributed by atoms with E-state index in [0.29, 0.717) is 5.82 Å². The van der Waals surface area contributed by atoms with Crippen molar-refractivity contribution in [3.8, 4) is 11.4 Å². The van der Waals surface area contributed by atoms with Crippen LogP contribution >= 0.6 is 23.2 Å². The van der Waals surface area contributed by atoms with Gasteiger partial charge in [-0.1, -0.05) is 58.2 Å². The zero-order valence-corrected chi connectivity index (χ0v) is 17.3. The molecule has 0 atom stereocenters. The Balaban J connectivity index is 1.91. The molecule has 0 aliphatic heterocycles. The fourth-order valence-corrected chi connectivity index (χ4v) is 4.67. The van der Waals surface area contributed by atoms with E-state index in [1.807, 2.05) is 31.2 Å². The Morgan fingerprint density at radius 3 is 2.71 bits per heavy atom. The maximum atomic E-state index is 13.1. The number of benzene rings is 2. The van der Waals surface area contributed by atoms with Crippen molar-refractivity contribution in [3.05, 3.63) is 76.6 Å². The summed E-state index contributed by atoms with van der Waals surface area (Å²) in [5.41, 5.74) is 1.83. The molecule has 0 bridgehead atoms. The van der Waals surface area contributed by atoms with E-state index < -0.39 is 10.0 Å². The van der Waals surface area contributed by atoms with Crippen LogP contribution in [0.15, 0.2) is 64.5 Å². The van der Waals surface area contributed by atoms with Gasteiger partial charge in [0, 0.05) is 17.1 Å². The van der Waals surface area contributed by atoms with E-state index in [0.717, 1.165) is 15.4 Å². The van der Waals surface area contributed by atoms with Gasteiger partial charge in [-0.15, -0.1) is 6.58 Å². The molecule has 0 aliphatic carbocycles. The Kier molecular flexibility index (Phi) is 6.20. The van der Waals surface area contributed by atoms with Crippen LogP contribution in [0.5, 0.6) is 0 Å². The lowest BCUT2D eigenvalue weighted by atomic mass is 10.1. The fraction of sp³-hybridized carbons (Fsp3) is 0.158. The molecule has 3 aromatic rings. The second kappa shape index (κ2) is 8.45. The Bertz CT molecular complexity index is 1110. The van der Waals surface area contributed by atoms with Crippen molar-refractivity contribution < 1.29 is 12.9 Å². The molecule has 0 saturated heterocycles. The second-order valence-corrected chi connectivity index (χ2v) is 8.79. The highest BCUT2D eigenvalue weighted by molar-refractivity contribution is 7.89. The van der Waals surface area contributed by atoms with E-state index in [2.05, 4.69) is 16.7 Å². The number of aryl methyl sites for hydroxylation is 1. The number of hydrogen-bond donors (Lipinski definition) is 0. The maximum Gasteiger partial charge on any atom is 0.245 e. The van der Waals surface area contributed by atoms with E-state index in [1.165, 1.54) is 24.3 Å². The van der Waals surface area contributed by atoms with Gasteiger partial charge in [-0.05, 0) is 31.2 Å². The number of sulfonamides is 1. The topological polar surface area (TPSA) is 76.3 Å². The Labute approximate surface area is 173 Å². The van der Waals surface area contributed by atoms with Gasteiger partial charge >= 0.3 is 0 Å². The predicted octanol–water partition coefficient (Wildman–Crippen LogP) is 4.73. The monoisotopic (exact) mass is 437 g/mol. The van der Waals surface area contributed by atoms with Crippen molar-refractivity contribution in [2.24, 2.45) is 0 Å².